The lowest BCUT2D eigenvalue weighted by molar-refractivity contribution is 0.0951. The Labute approximate surface area is 191 Å². The minimum Gasteiger partial charge on any atom is -0.348 e. The van der Waals surface area contributed by atoms with Crippen molar-refractivity contribution in [3.05, 3.63) is 103 Å². The number of fused-ring (bicyclic) bond motifs is 1. The van der Waals surface area contributed by atoms with Crippen LogP contribution in [-0.4, -0.2) is 15.5 Å². The van der Waals surface area contributed by atoms with Crippen LogP contribution in [-0.2, 0) is 6.54 Å². The van der Waals surface area contributed by atoms with Crippen molar-refractivity contribution < 1.29 is 9.18 Å². The average Bonchev–Trinajstić information content (AvgIpc) is 2.75. The number of nitrogens with zero attached hydrogens (tertiary/aromatic N) is 1. The van der Waals surface area contributed by atoms with Crippen molar-refractivity contribution in [2.75, 3.05) is 0 Å². The molecule has 0 saturated heterocycles. The van der Waals surface area contributed by atoms with Crippen LogP contribution in [0.2, 0.25) is 10.0 Å². The van der Waals surface area contributed by atoms with Crippen LogP contribution < -0.4 is 10.9 Å². The Hall–Kier alpha value is -3.00. The molecule has 0 aliphatic rings. The van der Waals surface area contributed by atoms with Crippen LogP contribution in [0.4, 0.5) is 4.39 Å². The number of nitrogens with one attached hydrogen (secondary N) is 2. The van der Waals surface area contributed by atoms with Crippen LogP contribution in [0.1, 0.15) is 15.9 Å². The van der Waals surface area contributed by atoms with Gasteiger partial charge in [0.15, 0.2) is 4.77 Å². The normalized spacial score (nSPS) is 10.9. The first kappa shape index (κ1) is 21.2. The van der Waals surface area contributed by atoms with Crippen molar-refractivity contribution in [2.45, 2.75) is 6.54 Å². The molecule has 0 fully saturated rings. The lowest BCUT2D eigenvalue weighted by atomic mass is 10.1. The molecule has 9 heteroatoms. The van der Waals surface area contributed by atoms with Gasteiger partial charge in [0, 0.05) is 17.1 Å². The SMILES string of the molecule is O=C(NCc1ccc(Cl)cc1)c1ccc2c(=O)n(-c3ccc(F)c(Cl)c3)c(=S)[nH]c2c1. The summed E-state index contributed by atoms with van der Waals surface area (Å²) in [4.78, 5) is 28.5. The molecule has 0 radical (unpaired) electrons. The molecule has 0 aliphatic heterocycles. The first-order chi connectivity index (χ1) is 14.8. The molecular weight excluding hydrogens is 460 g/mol. The highest BCUT2D eigenvalue weighted by Crippen LogP contribution is 2.19. The fourth-order valence-corrected chi connectivity index (χ4v) is 3.70. The Morgan fingerprint density at radius 3 is 2.52 bits per heavy atom. The fraction of sp³-hybridized carbons (Fsp3) is 0.0455. The molecule has 0 aliphatic carbocycles. The molecule has 4 aromatic rings. The quantitative estimate of drug-likeness (QED) is 0.388. The molecule has 156 valence electrons. The number of rotatable bonds is 4. The number of H-pyrrole nitrogens is 1. The fourth-order valence-electron chi connectivity index (χ4n) is 3.10. The zero-order chi connectivity index (χ0) is 22.1. The number of halogens is 3. The lowest BCUT2D eigenvalue weighted by Crippen LogP contribution is -2.24. The summed E-state index contributed by atoms with van der Waals surface area (Å²) < 4.78 is 14.8. The molecule has 3 aromatic carbocycles. The summed E-state index contributed by atoms with van der Waals surface area (Å²) in [6.07, 6.45) is 0. The molecule has 0 bridgehead atoms. The summed E-state index contributed by atoms with van der Waals surface area (Å²) in [5.41, 5.74) is 1.62. The van der Waals surface area contributed by atoms with Crippen LogP contribution in [0, 0.1) is 10.6 Å². The number of amides is 1. The second kappa shape index (κ2) is 8.63. The third-order valence-electron chi connectivity index (χ3n) is 4.69. The van der Waals surface area contributed by atoms with Gasteiger partial charge in [-0.1, -0.05) is 35.3 Å². The molecule has 31 heavy (non-hydrogen) atoms. The van der Waals surface area contributed by atoms with Crippen LogP contribution in [0.5, 0.6) is 0 Å². The van der Waals surface area contributed by atoms with Crippen molar-refractivity contribution in [1.82, 2.24) is 14.9 Å². The minimum absolute atomic E-state index is 0.0962. The van der Waals surface area contributed by atoms with E-state index in [2.05, 4.69) is 10.3 Å². The van der Waals surface area contributed by atoms with Gasteiger partial charge in [0.05, 0.1) is 21.6 Å². The summed E-state index contributed by atoms with van der Waals surface area (Å²) in [6.45, 7) is 0.330. The van der Waals surface area contributed by atoms with Crippen LogP contribution in [0.3, 0.4) is 0 Å². The summed E-state index contributed by atoms with van der Waals surface area (Å²) >= 11 is 17.0. The van der Waals surface area contributed by atoms with Crippen molar-refractivity contribution in [3.8, 4) is 5.69 Å². The van der Waals surface area contributed by atoms with Gasteiger partial charge in [-0.05, 0) is 66.3 Å². The van der Waals surface area contributed by atoms with E-state index in [4.69, 9.17) is 35.4 Å². The second-order valence-corrected chi connectivity index (χ2v) is 7.97. The molecule has 0 saturated carbocycles. The van der Waals surface area contributed by atoms with Crippen molar-refractivity contribution >= 4 is 52.2 Å². The Morgan fingerprint density at radius 1 is 1.06 bits per heavy atom. The Balaban J connectivity index is 1.66. The molecule has 1 amide bonds. The highest BCUT2D eigenvalue weighted by Gasteiger charge is 2.12. The number of aromatic amines is 1. The number of carbonyl (C=O) groups is 1. The van der Waals surface area contributed by atoms with Crippen LogP contribution in [0.15, 0.2) is 65.5 Å². The Bertz CT molecular complexity index is 1430. The molecule has 1 aromatic heterocycles. The summed E-state index contributed by atoms with van der Waals surface area (Å²) in [5.74, 6) is -0.894. The van der Waals surface area contributed by atoms with Crippen molar-refractivity contribution in [1.29, 1.82) is 0 Å². The van der Waals surface area contributed by atoms with E-state index in [-0.39, 0.29) is 15.7 Å². The number of aromatic nitrogens is 2. The number of benzene rings is 3. The lowest BCUT2D eigenvalue weighted by Gasteiger charge is -2.10. The standard InChI is InChI=1S/C22H14Cl2FN3O2S/c23-14-4-1-12(2-5-14)11-26-20(29)13-3-7-16-19(9-13)27-22(31)28(21(16)30)15-6-8-18(25)17(24)10-15/h1-10H,11H2,(H,26,29)(H,27,31). The monoisotopic (exact) mass is 473 g/mol. The van der Waals surface area contributed by atoms with Crippen LogP contribution in [0.25, 0.3) is 16.6 Å². The Morgan fingerprint density at radius 2 is 1.81 bits per heavy atom. The maximum Gasteiger partial charge on any atom is 0.266 e. The molecule has 1 heterocycles. The van der Waals surface area contributed by atoms with E-state index < -0.39 is 11.4 Å². The molecular formula is C22H14Cl2FN3O2S. The first-order valence-electron chi connectivity index (χ1n) is 9.10. The zero-order valence-corrected chi connectivity index (χ0v) is 18.1. The molecule has 0 spiro atoms. The van der Waals surface area contributed by atoms with Gasteiger partial charge in [0.25, 0.3) is 11.5 Å². The predicted octanol–water partition coefficient (Wildman–Crippen LogP) is 5.42. The number of hydrogen-bond donors (Lipinski definition) is 2. The highest BCUT2D eigenvalue weighted by atomic mass is 35.5. The van der Waals surface area contributed by atoms with E-state index in [0.717, 1.165) is 11.6 Å². The van der Waals surface area contributed by atoms with E-state index in [1.165, 1.54) is 16.7 Å². The van der Waals surface area contributed by atoms with E-state index in [1.54, 1.807) is 30.3 Å². The Kier molecular flexibility index (Phi) is 5.91. The number of carbonyl (C=O) groups excluding carboxylic acids is 1. The van der Waals surface area contributed by atoms with Gasteiger partial charge in [-0.15, -0.1) is 0 Å². The first-order valence-corrected chi connectivity index (χ1v) is 10.3. The van der Waals surface area contributed by atoms with Gasteiger partial charge in [0.1, 0.15) is 5.82 Å². The summed E-state index contributed by atoms with van der Waals surface area (Å²) in [5, 5.41) is 3.64. The maximum atomic E-state index is 13.5. The molecule has 5 nitrogen and oxygen atoms in total. The largest absolute Gasteiger partial charge is 0.348 e. The van der Waals surface area contributed by atoms with E-state index in [9.17, 15) is 14.0 Å². The number of hydrogen-bond acceptors (Lipinski definition) is 3. The van der Waals surface area contributed by atoms with Gasteiger partial charge in [0.2, 0.25) is 0 Å². The highest BCUT2D eigenvalue weighted by molar-refractivity contribution is 7.71. The van der Waals surface area contributed by atoms with Gasteiger partial charge in [-0.3, -0.25) is 14.2 Å². The van der Waals surface area contributed by atoms with E-state index >= 15 is 0 Å². The third kappa shape index (κ3) is 4.39. The van der Waals surface area contributed by atoms with Gasteiger partial charge >= 0.3 is 0 Å². The average molecular weight is 474 g/mol. The summed E-state index contributed by atoms with van der Waals surface area (Å²) in [7, 11) is 0. The third-order valence-corrected chi connectivity index (χ3v) is 5.51. The molecule has 0 unspecified atom stereocenters. The van der Waals surface area contributed by atoms with Gasteiger partial charge in [-0.2, -0.15) is 0 Å². The summed E-state index contributed by atoms with van der Waals surface area (Å²) in [6, 6.07) is 15.7. The molecule has 0 atom stereocenters. The molecule has 2 N–H and O–H groups in total. The van der Waals surface area contributed by atoms with E-state index in [0.29, 0.717) is 33.7 Å². The maximum absolute atomic E-state index is 13.5. The smallest absolute Gasteiger partial charge is 0.266 e. The molecule has 4 rings (SSSR count). The minimum atomic E-state index is -0.594. The van der Waals surface area contributed by atoms with Gasteiger partial charge in [-0.25, -0.2) is 4.39 Å². The van der Waals surface area contributed by atoms with Crippen molar-refractivity contribution in [3.63, 3.8) is 0 Å². The van der Waals surface area contributed by atoms with Crippen LogP contribution >= 0.6 is 35.4 Å². The zero-order valence-electron chi connectivity index (χ0n) is 15.8. The van der Waals surface area contributed by atoms with E-state index in [1.807, 2.05) is 12.1 Å². The topological polar surface area (TPSA) is 66.9 Å². The van der Waals surface area contributed by atoms with Gasteiger partial charge < -0.3 is 10.3 Å². The second-order valence-electron chi connectivity index (χ2n) is 6.74. The van der Waals surface area contributed by atoms with Crippen molar-refractivity contribution in [2.24, 2.45) is 0 Å². The predicted molar refractivity (Wildman–Crippen MR) is 122 cm³/mol.